The third-order valence-corrected chi connectivity index (χ3v) is 2.96. The molecule has 0 aliphatic rings. The van der Waals surface area contributed by atoms with Crippen LogP contribution in [0.1, 0.15) is 34.6 Å². The normalized spacial score (nSPS) is 13.7. The van der Waals surface area contributed by atoms with Gasteiger partial charge in [-0.25, -0.2) is 4.79 Å². The summed E-state index contributed by atoms with van der Waals surface area (Å²) in [6, 6.07) is -0.322. The smallest absolute Gasteiger partial charge is 0.407 e. The van der Waals surface area contributed by atoms with Gasteiger partial charge in [0.1, 0.15) is 5.60 Å². The van der Waals surface area contributed by atoms with E-state index in [0.29, 0.717) is 19.0 Å². The fourth-order valence-electron chi connectivity index (χ4n) is 1.58. The minimum atomic E-state index is -0.505. The summed E-state index contributed by atoms with van der Waals surface area (Å²) in [5, 5.41) is 23.9. The molecular formula is C14H30N2O4. The van der Waals surface area contributed by atoms with Crippen LogP contribution in [0.3, 0.4) is 0 Å². The molecule has 1 unspecified atom stereocenters. The Morgan fingerprint density at radius 3 is 2.10 bits per heavy atom. The lowest BCUT2D eigenvalue weighted by Gasteiger charge is -2.25. The van der Waals surface area contributed by atoms with Crippen molar-refractivity contribution < 1.29 is 19.7 Å². The first-order valence-corrected chi connectivity index (χ1v) is 7.11. The van der Waals surface area contributed by atoms with E-state index in [1.54, 1.807) is 0 Å². The van der Waals surface area contributed by atoms with Crippen LogP contribution in [0.25, 0.3) is 0 Å². The Hall–Kier alpha value is -0.850. The van der Waals surface area contributed by atoms with Gasteiger partial charge in [0.2, 0.25) is 0 Å². The SMILES string of the molecule is CC(C)C(CNC(=O)OC(C)(C)C)CNC(CO)CO. The molecule has 0 saturated heterocycles. The van der Waals surface area contributed by atoms with Gasteiger partial charge in [-0.05, 0) is 32.6 Å². The minimum absolute atomic E-state index is 0.110. The number of alkyl carbamates (subject to hydrolysis) is 1. The summed E-state index contributed by atoms with van der Waals surface area (Å²) >= 11 is 0. The molecule has 1 amide bonds. The van der Waals surface area contributed by atoms with Crippen LogP contribution in [0, 0.1) is 11.8 Å². The summed E-state index contributed by atoms with van der Waals surface area (Å²) in [5.41, 5.74) is -0.505. The van der Waals surface area contributed by atoms with Crippen molar-refractivity contribution in [3.63, 3.8) is 0 Å². The van der Waals surface area contributed by atoms with E-state index in [1.165, 1.54) is 0 Å². The molecule has 120 valence electrons. The lowest BCUT2D eigenvalue weighted by molar-refractivity contribution is 0.0513. The molecule has 0 aromatic heterocycles. The number of ether oxygens (including phenoxy) is 1. The van der Waals surface area contributed by atoms with E-state index < -0.39 is 11.7 Å². The maximum atomic E-state index is 11.6. The molecule has 0 aromatic rings. The summed E-state index contributed by atoms with van der Waals surface area (Å²) < 4.78 is 5.19. The zero-order chi connectivity index (χ0) is 15.8. The number of carbonyl (C=O) groups is 1. The molecule has 0 aliphatic heterocycles. The van der Waals surface area contributed by atoms with Crippen LogP contribution in [-0.2, 0) is 4.74 Å². The van der Waals surface area contributed by atoms with Crippen molar-refractivity contribution in [2.24, 2.45) is 11.8 Å². The first kappa shape index (κ1) is 19.1. The Bertz CT molecular complexity index is 273. The van der Waals surface area contributed by atoms with Gasteiger partial charge >= 0.3 is 6.09 Å². The number of carbonyl (C=O) groups excluding carboxylic acids is 1. The largest absolute Gasteiger partial charge is 0.444 e. The number of aliphatic hydroxyl groups excluding tert-OH is 2. The number of hydrogen-bond donors (Lipinski definition) is 4. The van der Waals surface area contributed by atoms with Gasteiger partial charge in [0.25, 0.3) is 0 Å². The van der Waals surface area contributed by atoms with Crippen LogP contribution in [0.4, 0.5) is 4.79 Å². The van der Waals surface area contributed by atoms with Gasteiger partial charge in [-0.1, -0.05) is 13.8 Å². The highest BCUT2D eigenvalue weighted by Gasteiger charge is 2.19. The summed E-state index contributed by atoms with van der Waals surface area (Å²) in [6.45, 7) is 10.5. The van der Waals surface area contributed by atoms with Crippen molar-refractivity contribution in [2.45, 2.75) is 46.3 Å². The maximum Gasteiger partial charge on any atom is 0.407 e. The van der Waals surface area contributed by atoms with Crippen LogP contribution in [0.2, 0.25) is 0 Å². The zero-order valence-electron chi connectivity index (χ0n) is 13.3. The van der Waals surface area contributed by atoms with Gasteiger partial charge in [-0.15, -0.1) is 0 Å². The molecule has 0 spiro atoms. The van der Waals surface area contributed by atoms with Crippen molar-refractivity contribution in [1.82, 2.24) is 10.6 Å². The number of aliphatic hydroxyl groups is 2. The third kappa shape index (κ3) is 9.12. The van der Waals surface area contributed by atoms with E-state index in [9.17, 15) is 4.79 Å². The number of amides is 1. The Morgan fingerprint density at radius 2 is 1.70 bits per heavy atom. The van der Waals surface area contributed by atoms with Crippen LogP contribution in [0.15, 0.2) is 0 Å². The Labute approximate surface area is 121 Å². The summed E-state index contributed by atoms with van der Waals surface area (Å²) in [4.78, 5) is 11.6. The highest BCUT2D eigenvalue weighted by Crippen LogP contribution is 2.10. The highest BCUT2D eigenvalue weighted by atomic mass is 16.6. The molecule has 0 bridgehead atoms. The molecule has 0 rings (SSSR count). The maximum absolute atomic E-state index is 11.6. The van der Waals surface area contributed by atoms with Crippen molar-refractivity contribution in [3.05, 3.63) is 0 Å². The number of hydrogen-bond acceptors (Lipinski definition) is 5. The standard InChI is InChI=1S/C14H30N2O4/c1-10(2)11(6-15-12(8-17)9-18)7-16-13(19)20-14(3,4)5/h10-12,15,17-18H,6-9H2,1-5H3,(H,16,19). The average molecular weight is 290 g/mol. The molecule has 4 N–H and O–H groups in total. The van der Waals surface area contributed by atoms with Gasteiger partial charge < -0.3 is 25.6 Å². The Morgan fingerprint density at radius 1 is 1.15 bits per heavy atom. The predicted molar refractivity (Wildman–Crippen MR) is 78.5 cm³/mol. The molecule has 0 saturated carbocycles. The average Bonchev–Trinajstić information content (AvgIpc) is 2.31. The minimum Gasteiger partial charge on any atom is -0.444 e. The Kier molecular flexibility index (Phi) is 8.76. The first-order chi connectivity index (χ1) is 9.19. The second-order valence-corrected chi connectivity index (χ2v) is 6.36. The zero-order valence-corrected chi connectivity index (χ0v) is 13.3. The lowest BCUT2D eigenvalue weighted by atomic mass is 9.95. The van der Waals surface area contributed by atoms with Crippen molar-refractivity contribution in [2.75, 3.05) is 26.3 Å². The third-order valence-electron chi connectivity index (χ3n) is 2.96. The van der Waals surface area contributed by atoms with Crippen LogP contribution in [-0.4, -0.2) is 54.3 Å². The molecule has 0 heterocycles. The van der Waals surface area contributed by atoms with Gasteiger partial charge in [-0.2, -0.15) is 0 Å². The number of rotatable bonds is 8. The monoisotopic (exact) mass is 290 g/mol. The molecule has 0 aliphatic carbocycles. The summed E-state index contributed by atoms with van der Waals surface area (Å²) in [5.74, 6) is 0.554. The van der Waals surface area contributed by atoms with Crippen molar-refractivity contribution in [3.8, 4) is 0 Å². The molecule has 6 nitrogen and oxygen atoms in total. The quantitative estimate of drug-likeness (QED) is 0.529. The molecular weight excluding hydrogens is 260 g/mol. The molecule has 0 radical (unpaired) electrons. The lowest BCUT2D eigenvalue weighted by Crippen LogP contribution is -2.44. The molecule has 0 aromatic carbocycles. The van der Waals surface area contributed by atoms with Gasteiger partial charge in [0, 0.05) is 13.1 Å². The van der Waals surface area contributed by atoms with Crippen LogP contribution >= 0.6 is 0 Å². The van der Waals surface area contributed by atoms with E-state index in [1.807, 2.05) is 20.8 Å². The first-order valence-electron chi connectivity index (χ1n) is 7.11. The predicted octanol–water partition coefficient (Wildman–Crippen LogP) is 0.726. The van der Waals surface area contributed by atoms with Crippen molar-refractivity contribution in [1.29, 1.82) is 0 Å². The van der Waals surface area contributed by atoms with Crippen LogP contribution < -0.4 is 10.6 Å². The molecule has 20 heavy (non-hydrogen) atoms. The van der Waals surface area contributed by atoms with Gasteiger partial charge in [0.15, 0.2) is 0 Å². The second-order valence-electron chi connectivity index (χ2n) is 6.36. The van der Waals surface area contributed by atoms with E-state index in [0.717, 1.165) is 0 Å². The topological polar surface area (TPSA) is 90.8 Å². The molecule has 0 fully saturated rings. The van der Waals surface area contributed by atoms with E-state index in [2.05, 4.69) is 24.5 Å². The van der Waals surface area contributed by atoms with Crippen molar-refractivity contribution >= 4 is 6.09 Å². The molecule has 1 atom stereocenters. The number of nitrogens with one attached hydrogen (secondary N) is 2. The fourth-order valence-corrected chi connectivity index (χ4v) is 1.58. The van der Waals surface area contributed by atoms with Crippen LogP contribution in [0.5, 0.6) is 0 Å². The van der Waals surface area contributed by atoms with Gasteiger partial charge in [-0.3, -0.25) is 0 Å². The highest BCUT2D eigenvalue weighted by molar-refractivity contribution is 5.67. The van der Waals surface area contributed by atoms with Gasteiger partial charge in [0.05, 0.1) is 19.3 Å². The summed E-state index contributed by atoms with van der Waals surface area (Å²) in [7, 11) is 0. The second kappa shape index (κ2) is 9.15. The fraction of sp³-hybridized carbons (Fsp3) is 0.929. The molecule has 6 heteroatoms. The van der Waals surface area contributed by atoms with E-state index >= 15 is 0 Å². The van der Waals surface area contributed by atoms with E-state index in [-0.39, 0.29) is 25.2 Å². The Balaban J connectivity index is 4.18. The summed E-state index contributed by atoms with van der Waals surface area (Å²) in [6.07, 6.45) is -0.427. The van der Waals surface area contributed by atoms with E-state index in [4.69, 9.17) is 14.9 Å².